The van der Waals surface area contributed by atoms with Crippen LogP contribution >= 0.6 is 22.9 Å². The topological polar surface area (TPSA) is 102 Å². The van der Waals surface area contributed by atoms with Crippen molar-refractivity contribution in [3.05, 3.63) is 81.3 Å². The number of hydrogen-bond acceptors (Lipinski definition) is 7. The Morgan fingerprint density at radius 3 is 2.86 bits per heavy atom. The highest BCUT2D eigenvalue weighted by molar-refractivity contribution is 7.22. The van der Waals surface area contributed by atoms with Gasteiger partial charge < -0.3 is 4.42 Å². The van der Waals surface area contributed by atoms with Crippen molar-refractivity contribution in [3.8, 4) is 0 Å². The lowest BCUT2D eigenvalue weighted by molar-refractivity contribution is -0.402. The minimum atomic E-state index is -0.693. The molecule has 0 spiro atoms. The number of benzene rings is 1. The molecule has 1 amide bonds. The quantitative estimate of drug-likeness (QED) is 0.346. The van der Waals surface area contributed by atoms with Gasteiger partial charge in [-0.15, -0.1) is 0 Å². The second kappa shape index (κ2) is 7.37. The van der Waals surface area contributed by atoms with E-state index in [0.717, 1.165) is 16.3 Å². The summed E-state index contributed by atoms with van der Waals surface area (Å²) in [6.45, 7) is 0.175. The Hall–Kier alpha value is -3.30. The van der Waals surface area contributed by atoms with E-state index in [1.54, 1.807) is 36.7 Å². The van der Waals surface area contributed by atoms with Crippen LogP contribution in [0.15, 0.2) is 59.3 Å². The van der Waals surface area contributed by atoms with Crippen LogP contribution in [0.2, 0.25) is 5.02 Å². The molecular formula is C18H11ClN4O4S. The van der Waals surface area contributed by atoms with E-state index in [4.69, 9.17) is 16.0 Å². The minimum absolute atomic E-state index is 0.145. The lowest BCUT2D eigenvalue weighted by Crippen LogP contribution is -2.30. The summed E-state index contributed by atoms with van der Waals surface area (Å²) < 4.78 is 5.91. The van der Waals surface area contributed by atoms with Gasteiger partial charge in [-0.05, 0) is 35.9 Å². The van der Waals surface area contributed by atoms with Crippen molar-refractivity contribution in [3.63, 3.8) is 0 Å². The van der Waals surface area contributed by atoms with Crippen LogP contribution in [-0.2, 0) is 6.54 Å². The summed E-state index contributed by atoms with van der Waals surface area (Å²) in [5, 5.41) is 11.9. The van der Waals surface area contributed by atoms with E-state index in [1.165, 1.54) is 22.3 Å². The fourth-order valence-corrected chi connectivity index (χ4v) is 3.82. The Kier molecular flexibility index (Phi) is 4.76. The largest absolute Gasteiger partial charge is 0.433 e. The van der Waals surface area contributed by atoms with Gasteiger partial charge in [0.1, 0.15) is 4.92 Å². The van der Waals surface area contributed by atoms with Crippen molar-refractivity contribution in [1.29, 1.82) is 0 Å². The average molecular weight is 415 g/mol. The molecule has 0 aliphatic rings. The first-order chi connectivity index (χ1) is 13.5. The standard InChI is InChI=1S/C18H11ClN4O4S/c19-12-3-4-13-15(8-12)28-18(21-13)22(10-11-2-1-7-20-9-11)17(24)14-5-6-16(27-14)23(25)26/h1-9H,10H2. The molecule has 0 fully saturated rings. The summed E-state index contributed by atoms with van der Waals surface area (Å²) >= 11 is 7.33. The monoisotopic (exact) mass is 414 g/mol. The molecule has 0 bridgehead atoms. The molecule has 0 unspecified atom stereocenters. The van der Waals surface area contributed by atoms with Crippen LogP contribution in [0, 0.1) is 10.1 Å². The maximum atomic E-state index is 13.1. The molecular weight excluding hydrogens is 404 g/mol. The molecule has 0 radical (unpaired) electrons. The zero-order valence-electron chi connectivity index (χ0n) is 14.1. The van der Waals surface area contributed by atoms with Gasteiger partial charge in [-0.1, -0.05) is 29.0 Å². The van der Waals surface area contributed by atoms with Crippen LogP contribution < -0.4 is 4.90 Å². The fraction of sp³-hybridized carbons (Fsp3) is 0.0556. The molecule has 28 heavy (non-hydrogen) atoms. The van der Waals surface area contributed by atoms with Crippen LogP contribution in [-0.4, -0.2) is 20.8 Å². The van der Waals surface area contributed by atoms with Gasteiger partial charge in [0.05, 0.1) is 22.8 Å². The molecule has 1 aromatic carbocycles. The first kappa shape index (κ1) is 18.1. The van der Waals surface area contributed by atoms with Gasteiger partial charge in [0.25, 0.3) is 5.91 Å². The van der Waals surface area contributed by atoms with Gasteiger partial charge in [0.15, 0.2) is 10.9 Å². The van der Waals surface area contributed by atoms with Crippen LogP contribution in [0.25, 0.3) is 10.2 Å². The van der Waals surface area contributed by atoms with Gasteiger partial charge in [0, 0.05) is 17.4 Å². The number of pyridine rings is 1. The van der Waals surface area contributed by atoms with E-state index in [9.17, 15) is 14.9 Å². The molecule has 3 heterocycles. The number of furan rings is 1. The Labute approximate surface area is 167 Å². The summed E-state index contributed by atoms with van der Waals surface area (Å²) in [5.41, 5.74) is 1.47. The molecule has 0 aliphatic carbocycles. The van der Waals surface area contributed by atoms with Gasteiger partial charge in [-0.3, -0.25) is 24.8 Å². The second-order valence-electron chi connectivity index (χ2n) is 5.76. The number of carbonyl (C=O) groups excluding carboxylic acids is 1. The van der Waals surface area contributed by atoms with E-state index in [-0.39, 0.29) is 12.3 Å². The predicted molar refractivity (Wildman–Crippen MR) is 105 cm³/mol. The number of hydrogen-bond donors (Lipinski definition) is 0. The predicted octanol–water partition coefficient (Wildman–Crippen LogP) is 4.69. The Morgan fingerprint density at radius 1 is 1.29 bits per heavy atom. The van der Waals surface area contributed by atoms with Crippen molar-refractivity contribution in [1.82, 2.24) is 9.97 Å². The molecule has 3 aromatic heterocycles. The van der Waals surface area contributed by atoms with E-state index in [1.807, 2.05) is 6.07 Å². The second-order valence-corrected chi connectivity index (χ2v) is 7.20. The molecule has 4 aromatic rings. The molecule has 0 saturated carbocycles. The van der Waals surface area contributed by atoms with Gasteiger partial charge in [0.2, 0.25) is 0 Å². The summed E-state index contributed by atoms with van der Waals surface area (Å²) in [5.74, 6) is -1.18. The highest BCUT2D eigenvalue weighted by Crippen LogP contribution is 2.32. The van der Waals surface area contributed by atoms with Crippen LogP contribution in [0.4, 0.5) is 11.0 Å². The fourth-order valence-electron chi connectivity index (χ4n) is 2.58. The number of fused-ring (bicyclic) bond motifs is 1. The molecule has 8 nitrogen and oxygen atoms in total. The van der Waals surface area contributed by atoms with Crippen molar-refractivity contribution in [2.75, 3.05) is 4.90 Å². The number of rotatable bonds is 5. The first-order valence-electron chi connectivity index (χ1n) is 8.02. The zero-order chi connectivity index (χ0) is 19.7. The Morgan fingerprint density at radius 2 is 2.14 bits per heavy atom. The van der Waals surface area contributed by atoms with Crippen LogP contribution in [0.3, 0.4) is 0 Å². The minimum Gasteiger partial charge on any atom is -0.395 e. The maximum absolute atomic E-state index is 13.1. The third-order valence-electron chi connectivity index (χ3n) is 3.86. The Bertz CT molecular complexity index is 1170. The SMILES string of the molecule is O=C(c1ccc([N+](=O)[O-])o1)N(Cc1cccnc1)c1nc2ccc(Cl)cc2s1. The lowest BCUT2D eigenvalue weighted by atomic mass is 10.2. The number of nitro groups is 1. The van der Waals surface area contributed by atoms with E-state index in [0.29, 0.717) is 15.7 Å². The highest BCUT2D eigenvalue weighted by Gasteiger charge is 2.26. The van der Waals surface area contributed by atoms with E-state index in [2.05, 4.69) is 9.97 Å². The van der Waals surface area contributed by atoms with Crippen molar-refractivity contribution >= 4 is 50.1 Å². The summed E-state index contributed by atoms with van der Waals surface area (Å²) in [6, 6.07) is 11.3. The third kappa shape index (κ3) is 3.57. The smallest absolute Gasteiger partial charge is 0.395 e. The zero-order valence-corrected chi connectivity index (χ0v) is 15.7. The van der Waals surface area contributed by atoms with Gasteiger partial charge in [-0.25, -0.2) is 4.98 Å². The maximum Gasteiger partial charge on any atom is 0.433 e. The van der Waals surface area contributed by atoms with Crippen molar-refractivity contribution in [2.45, 2.75) is 6.54 Å². The third-order valence-corrected chi connectivity index (χ3v) is 5.14. The number of carbonyl (C=O) groups is 1. The van der Waals surface area contributed by atoms with Crippen molar-refractivity contribution < 1.29 is 14.1 Å². The Balaban J connectivity index is 1.75. The number of halogens is 1. The molecule has 0 atom stereocenters. The molecule has 0 N–H and O–H groups in total. The molecule has 140 valence electrons. The van der Waals surface area contributed by atoms with E-state index >= 15 is 0 Å². The number of aromatic nitrogens is 2. The normalized spacial score (nSPS) is 10.9. The lowest BCUT2D eigenvalue weighted by Gasteiger charge is -2.18. The van der Waals surface area contributed by atoms with E-state index < -0.39 is 16.7 Å². The average Bonchev–Trinajstić information content (AvgIpc) is 3.33. The van der Waals surface area contributed by atoms with Crippen molar-refractivity contribution in [2.24, 2.45) is 0 Å². The van der Waals surface area contributed by atoms with Gasteiger partial charge in [-0.2, -0.15) is 0 Å². The highest BCUT2D eigenvalue weighted by atomic mass is 35.5. The molecule has 4 rings (SSSR count). The molecule has 0 saturated heterocycles. The number of nitrogens with zero attached hydrogens (tertiary/aromatic N) is 4. The van der Waals surface area contributed by atoms with Gasteiger partial charge >= 0.3 is 5.88 Å². The summed E-state index contributed by atoms with van der Waals surface area (Å²) in [6.07, 6.45) is 3.26. The summed E-state index contributed by atoms with van der Waals surface area (Å²) in [4.78, 5) is 33.2. The van der Waals surface area contributed by atoms with Crippen LogP contribution in [0.5, 0.6) is 0 Å². The molecule has 0 aliphatic heterocycles. The molecule has 10 heteroatoms. The first-order valence-corrected chi connectivity index (χ1v) is 9.22. The van der Waals surface area contributed by atoms with Crippen LogP contribution in [0.1, 0.15) is 16.1 Å². The number of anilines is 1. The number of thiazole rings is 1. The summed E-state index contributed by atoms with van der Waals surface area (Å²) in [7, 11) is 0. The number of amides is 1.